The van der Waals surface area contributed by atoms with Crippen molar-refractivity contribution in [3.05, 3.63) is 22.0 Å². The molecule has 0 N–H and O–H groups in total. The molecule has 0 amide bonds. The van der Waals surface area contributed by atoms with E-state index in [2.05, 4.69) is 76.5 Å². The van der Waals surface area contributed by atoms with Gasteiger partial charge in [-0.25, -0.2) is 0 Å². The van der Waals surface area contributed by atoms with Gasteiger partial charge in [-0.15, -0.1) is 23.5 Å². The molecular weight excluding hydrogens is 332 g/mol. The Bertz CT molecular complexity index is 516. The predicted molar refractivity (Wildman–Crippen MR) is 110 cm³/mol. The Kier molecular flexibility index (Phi) is 4.18. The highest BCUT2D eigenvalue weighted by Gasteiger charge is 2.58. The largest absolute Gasteiger partial charge is 0.127 e. The fourth-order valence-corrected chi connectivity index (χ4v) is 18.2. The third-order valence-electron chi connectivity index (χ3n) is 7.33. The van der Waals surface area contributed by atoms with Crippen molar-refractivity contribution in [1.82, 2.24) is 0 Å². The number of fused-ring (bicyclic) bond motifs is 2. The number of allylic oxidation sites excluding steroid dienone is 4. The first-order chi connectivity index (χ1) is 10.8. The summed E-state index contributed by atoms with van der Waals surface area (Å²) in [6.45, 7) is 15.4. The lowest BCUT2D eigenvalue weighted by atomic mass is 10.1. The normalized spacial score (nSPS) is 49.1. The molecule has 2 aliphatic carbocycles. The quantitative estimate of drug-likeness (QED) is 0.495. The third kappa shape index (κ3) is 2.55. The second-order valence-corrected chi connectivity index (χ2v) is 17.2. The van der Waals surface area contributed by atoms with Gasteiger partial charge in [-0.2, -0.15) is 0 Å². The van der Waals surface area contributed by atoms with Gasteiger partial charge in [0, 0.05) is 10.5 Å². The highest BCUT2D eigenvalue weighted by Crippen LogP contribution is 2.65. The maximum Gasteiger partial charge on any atom is 0.0564 e. The van der Waals surface area contributed by atoms with Crippen molar-refractivity contribution in [2.75, 3.05) is 0 Å². The summed E-state index contributed by atoms with van der Waals surface area (Å²) < 4.78 is 0. The molecule has 23 heavy (non-hydrogen) atoms. The molecule has 128 valence electrons. The molecule has 8 unspecified atom stereocenters. The van der Waals surface area contributed by atoms with Crippen molar-refractivity contribution in [3.63, 3.8) is 0 Å². The van der Waals surface area contributed by atoms with Crippen LogP contribution in [0.4, 0.5) is 0 Å². The molecule has 2 fully saturated rings. The van der Waals surface area contributed by atoms with Crippen LogP contribution in [0.2, 0.25) is 24.2 Å². The average Bonchev–Trinajstić information content (AvgIpc) is 3.06. The molecule has 0 spiro atoms. The SMILES string of the molecule is CC1=CC2CC(C)C([Si](C)(C)C3C(C)CC4C=C(C)SC43)C2S1. The van der Waals surface area contributed by atoms with Crippen LogP contribution in [-0.2, 0) is 0 Å². The molecule has 0 bridgehead atoms. The molecule has 0 aromatic rings. The third-order valence-corrected chi connectivity index (χ3v) is 15.9. The molecule has 2 heterocycles. The van der Waals surface area contributed by atoms with Gasteiger partial charge >= 0.3 is 0 Å². The van der Waals surface area contributed by atoms with Gasteiger partial charge in [0.25, 0.3) is 0 Å². The molecule has 2 saturated carbocycles. The van der Waals surface area contributed by atoms with Crippen LogP contribution in [-0.4, -0.2) is 18.6 Å². The molecule has 0 nitrogen and oxygen atoms in total. The summed E-state index contributed by atoms with van der Waals surface area (Å²) in [6, 6.07) is 0. The molecule has 0 aromatic heterocycles. The zero-order valence-corrected chi connectivity index (χ0v) is 18.1. The first-order valence-electron chi connectivity index (χ1n) is 9.49. The van der Waals surface area contributed by atoms with E-state index >= 15 is 0 Å². The second-order valence-electron chi connectivity index (χ2n) is 9.35. The van der Waals surface area contributed by atoms with Crippen LogP contribution < -0.4 is 0 Å². The maximum atomic E-state index is 2.77. The van der Waals surface area contributed by atoms with Gasteiger partial charge in [0.15, 0.2) is 0 Å². The predicted octanol–water partition coefficient (Wildman–Crippen LogP) is 6.79. The Hall–Kier alpha value is 0.397. The van der Waals surface area contributed by atoms with E-state index < -0.39 is 8.07 Å². The summed E-state index contributed by atoms with van der Waals surface area (Å²) in [5, 5.41) is 1.83. The second kappa shape index (κ2) is 5.70. The van der Waals surface area contributed by atoms with Gasteiger partial charge in [0.05, 0.1) is 8.07 Å². The summed E-state index contributed by atoms with van der Waals surface area (Å²) in [6.07, 6.45) is 8.12. The number of rotatable bonds is 2. The van der Waals surface area contributed by atoms with Crippen LogP contribution in [0.1, 0.15) is 40.5 Å². The van der Waals surface area contributed by atoms with E-state index in [9.17, 15) is 0 Å². The first kappa shape index (κ1) is 16.8. The number of hydrogen-bond acceptors (Lipinski definition) is 2. The standard InChI is InChI=1S/C20H32S2Si/c1-11-7-15-9-13(3)21-17(15)19(11)23(5,6)20-12(2)8-16-10-14(4)22-18(16)20/h9-12,15-20H,7-8H2,1-6H3. The molecule has 2 aliphatic heterocycles. The molecule has 0 radical (unpaired) electrons. The van der Waals surface area contributed by atoms with Gasteiger partial charge < -0.3 is 0 Å². The van der Waals surface area contributed by atoms with Crippen molar-refractivity contribution >= 4 is 31.6 Å². The topological polar surface area (TPSA) is 0 Å². The minimum absolute atomic E-state index is 0.885. The lowest BCUT2D eigenvalue weighted by Gasteiger charge is -2.44. The first-order valence-corrected chi connectivity index (χ1v) is 14.4. The van der Waals surface area contributed by atoms with Gasteiger partial charge in [-0.1, -0.05) is 39.1 Å². The van der Waals surface area contributed by atoms with E-state index in [1.165, 1.54) is 12.8 Å². The van der Waals surface area contributed by atoms with E-state index in [0.717, 1.165) is 45.3 Å². The number of hydrogen-bond donors (Lipinski definition) is 0. The molecule has 8 atom stereocenters. The van der Waals surface area contributed by atoms with E-state index in [-0.39, 0.29) is 0 Å². The molecule has 4 rings (SSSR count). The van der Waals surface area contributed by atoms with E-state index in [1.54, 1.807) is 9.81 Å². The van der Waals surface area contributed by atoms with Gasteiger partial charge in [-0.05, 0) is 71.3 Å². The van der Waals surface area contributed by atoms with E-state index in [1.807, 2.05) is 0 Å². The maximum absolute atomic E-state index is 2.77. The molecule has 0 saturated heterocycles. The Morgan fingerprint density at radius 1 is 0.826 bits per heavy atom. The monoisotopic (exact) mass is 364 g/mol. The van der Waals surface area contributed by atoms with Crippen LogP contribution in [0.5, 0.6) is 0 Å². The minimum Gasteiger partial charge on any atom is -0.127 e. The summed E-state index contributed by atoms with van der Waals surface area (Å²) >= 11 is 4.47. The molecular formula is C20H32S2Si. The van der Waals surface area contributed by atoms with E-state index in [4.69, 9.17) is 0 Å². The van der Waals surface area contributed by atoms with Crippen LogP contribution in [0.25, 0.3) is 0 Å². The summed E-state index contributed by atoms with van der Waals surface area (Å²) in [4.78, 5) is 3.21. The molecule has 4 aliphatic rings. The van der Waals surface area contributed by atoms with Crippen LogP contribution in [0.3, 0.4) is 0 Å². The minimum atomic E-state index is -1.30. The van der Waals surface area contributed by atoms with Crippen LogP contribution >= 0.6 is 23.5 Å². The average molecular weight is 365 g/mol. The van der Waals surface area contributed by atoms with Crippen LogP contribution in [0.15, 0.2) is 22.0 Å². The highest BCUT2D eigenvalue weighted by molar-refractivity contribution is 8.04. The fraction of sp³-hybridized carbons (Fsp3) is 0.800. The van der Waals surface area contributed by atoms with Gasteiger partial charge in [0.2, 0.25) is 0 Å². The lowest BCUT2D eigenvalue weighted by Crippen LogP contribution is -2.47. The van der Waals surface area contributed by atoms with Gasteiger partial charge in [-0.3, -0.25) is 0 Å². The Balaban J connectivity index is 1.63. The summed E-state index contributed by atoms with van der Waals surface area (Å²) in [5.74, 6) is 3.65. The van der Waals surface area contributed by atoms with E-state index in [0.29, 0.717) is 0 Å². The highest BCUT2D eigenvalue weighted by atomic mass is 32.2. The van der Waals surface area contributed by atoms with Crippen molar-refractivity contribution in [2.24, 2.45) is 23.7 Å². The molecule has 0 aromatic carbocycles. The Morgan fingerprint density at radius 2 is 1.22 bits per heavy atom. The van der Waals surface area contributed by atoms with Crippen molar-refractivity contribution in [3.8, 4) is 0 Å². The zero-order valence-electron chi connectivity index (χ0n) is 15.5. The van der Waals surface area contributed by atoms with Crippen molar-refractivity contribution in [1.29, 1.82) is 0 Å². The van der Waals surface area contributed by atoms with Crippen molar-refractivity contribution < 1.29 is 0 Å². The van der Waals surface area contributed by atoms with Gasteiger partial charge in [0.1, 0.15) is 0 Å². The number of thioether (sulfide) groups is 2. The summed E-state index contributed by atoms with van der Waals surface area (Å²) in [5.41, 5.74) is 2.03. The fourth-order valence-electron chi connectivity index (χ4n) is 6.89. The zero-order chi connectivity index (χ0) is 16.5. The summed E-state index contributed by atoms with van der Waals surface area (Å²) in [7, 11) is -1.30. The Morgan fingerprint density at radius 3 is 1.61 bits per heavy atom. The van der Waals surface area contributed by atoms with Crippen molar-refractivity contribution in [2.45, 2.75) is 75.2 Å². The Labute approximate surface area is 152 Å². The smallest absolute Gasteiger partial charge is 0.0564 e. The molecule has 3 heteroatoms. The van der Waals surface area contributed by atoms with Crippen LogP contribution in [0, 0.1) is 23.7 Å². The lowest BCUT2D eigenvalue weighted by molar-refractivity contribution is 0.544.